The third-order valence-electron chi connectivity index (χ3n) is 12.8. The monoisotopic (exact) mass is 738 g/mol. The maximum Gasteiger partial charge on any atom is 0.202 e. The van der Waals surface area contributed by atoms with Gasteiger partial charge in [0.15, 0.2) is 0 Å². The minimum absolute atomic E-state index is 0.0372. The average molecular weight is 739 g/mol. The minimum atomic E-state index is -2.87. The van der Waals surface area contributed by atoms with Crippen LogP contribution in [-0.2, 0) is 10.8 Å². The molecule has 4 aliphatic rings. The van der Waals surface area contributed by atoms with Gasteiger partial charge in [0.1, 0.15) is 0 Å². The zero-order valence-corrected chi connectivity index (χ0v) is 35.0. The van der Waals surface area contributed by atoms with Gasteiger partial charge in [-0.1, -0.05) is 128 Å². The van der Waals surface area contributed by atoms with Crippen LogP contribution in [0.2, 0.25) is 0 Å². The largest absolute Gasteiger partial charge is 0.361 e. The fraction of sp³-hybridized carbons (Fsp3) is 0.300. The number of benzene rings is 4. The van der Waals surface area contributed by atoms with E-state index in [1.165, 1.54) is 71.5 Å². The summed E-state index contributed by atoms with van der Waals surface area (Å²) in [6.07, 6.45) is 12.6. The second kappa shape index (κ2) is 12.4. The van der Waals surface area contributed by atoms with E-state index in [1.54, 1.807) is 0 Å². The predicted octanol–water partition coefficient (Wildman–Crippen LogP) is 10.1. The van der Waals surface area contributed by atoms with Gasteiger partial charge in [0.05, 0.1) is 18.0 Å². The van der Waals surface area contributed by atoms with Gasteiger partial charge >= 0.3 is 0 Å². The molecule has 0 N–H and O–H groups in total. The van der Waals surface area contributed by atoms with Crippen LogP contribution in [0.1, 0.15) is 84.1 Å². The van der Waals surface area contributed by atoms with E-state index >= 15 is 0 Å². The number of pyridine rings is 1. The van der Waals surface area contributed by atoms with Gasteiger partial charge in [-0.05, 0) is 109 Å². The van der Waals surface area contributed by atoms with Gasteiger partial charge in [0, 0.05) is 47.8 Å². The molecule has 3 aliphatic heterocycles. The summed E-state index contributed by atoms with van der Waals surface area (Å²) in [5, 5.41) is 5.55. The molecule has 0 saturated heterocycles. The van der Waals surface area contributed by atoms with Gasteiger partial charge in [0.2, 0.25) is 8.07 Å². The topological polar surface area (TPSA) is 22.6 Å². The third kappa shape index (κ3) is 5.49. The van der Waals surface area contributed by atoms with Crippen molar-refractivity contribution in [3.05, 3.63) is 161 Å². The lowest BCUT2D eigenvalue weighted by atomic mass is 9.73. The third-order valence-corrected chi connectivity index (χ3v) is 17.6. The molecule has 5 aromatic rings. The van der Waals surface area contributed by atoms with E-state index in [9.17, 15) is 0 Å². The summed E-state index contributed by atoms with van der Waals surface area (Å²) in [6, 6.07) is 39.6. The van der Waals surface area contributed by atoms with Crippen molar-refractivity contribution in [3.8, 4) is 0 Å². The molecule has 0 saturated carbocycles. The molecule has 2 atom stereocenters. The SMILES string of the molecule is CN1C=CN(c2cccc(N3c4ccccc4C(C)(C)c4ccc([Si]5(c6ccccn6)C6=CCC(C(C)(C)C)C=C6c6cc(C(C)(C)C)ccc65)cc43)c2)C1. The Labute approximate surface area is 329 Å². The molecular weight excluding hydrogens is 685 g/mol. The van der Waals surface area contributed by atoms with Crippen molar-refractivity contribution in [2.45, 2.75) is 72.6 Å². The zero-order valence-electron chi connectivity index (χ0n) is 34.0. The molecule has 4 heterocycles. The van der Waals surface area contributed by atoms with E-state index in [1.807, 2.05) is 6.20 Å². The zero-order chi connectivity index (χ0) is 38.5. The Bertz CT molecular complexity index is 2420. The van der Waals surface area contributed by atoms with Crippen LogP contribution in [0.15, 0.2) is 139 Å². The van der Waals surface area contributed by atoms with Crippen LogP contribution in [0.5, 0.6) is 0 Å². The van der Waals surface area contributed by atoms with Crippen molar-refractivity contribution >= 4 is 52.1 Å². The molecule has 0 spiro atoms. The van der Waals surface area contributed by atoms with Gasteiger partial charge in [-0.25, -0.2) is 0 Å². The van der Waals surface area contributed by atoms with E-state index in [0.717, 1.165) is 13.1 Å². The Morgan fingerprint density at radius 1 is 0.745 bits per heavy atom. The highest BCUT2D eigenvalue weighted by Crippen LogP contribution is 2.53. The molecular formula is C50H54N4Si. The molecule has 278 valence electrons. The first-order chi connectivity index (χ1) is 26.2. The minimum Gasteiger partial charge on any atom is -0.361 e. The van der Waals surface area contributed by atoms with Crippen LogP contribution < -0.4 is 25.5 Å². The van der Waals surface area contributed by atoms with Gasteiger partial charge in [-0.15, -0.1) is 0 Å². The quantitative estimate of drug-likeness (QED) is 0.171. The molecule has 9 rings (SSSR count). The summed E-state index contributed by atoms with van der Waals surface area (Å²) >= 11 is 0. The van der Waals surface area contributed by atoms with E-state index < -0.39 is 8.07 Å². The first-order valence-corrected chi connectivity index (χ1v) is 22.0. The van der Waals surface area contributed by atoms with Crippen LogP contribution in [0.3, 0.4) is 0 Å². The number of rotatable bonds is 4. The fourth-order valence-electron chi connectivity index (χ4n) is 9.67. The van der Waals surface area contributed by atoms with Crippen LogP contribution >= 0.6 is 0 Å². The summed E-state index contributed by atoms with van der Waals surface area (Å²) in [6.45, 7) is 19.8. The molecule has 0 radical (unpaired) electrons. The maximum absolute atomic E-state index is 5.32. The lowest BCUT2D eigenvalue weighted by molar-refractivity contribution is 0.294. The summed E-state index contributed by atoms with van der Waals surface area (Å²) in [4.78, 5) is 12.4. The second-order valence-electron chi connectivity index (χ2n) is 18.8. The van der Waals surface area contributed by atoms with E-state index in [2.05, 4.69) is 205 Å². The molecule has 4 aromatic carbocycles. The highest BCUT2D eigenvalue weighted by atomic mass is 28.3. The first-order valence-electron chi connectivity index (χ1n) is 20.0. The standard InChI is InChI=1S/C50H54N4Si/c1-48(2,3)34-20-24-45-39(29-34)40-30-35(49(4,5)6)21-25-46(40)55(45,47-19-12-13-26-51-47)38-22-23-42-44(32-38)54(43-18-11-10-17-41(43)50(42,7)8)37-16-14-15-36(31-37)53-28-27-52(9)33-53/h10-20,22-32,35H,21,33H2,1-9H3. The Morgan fingerprint density at radius 2 is 1.51 bits per heavy atom. The number of aromatic nitrogens is 1. The molecule has 4 nitrogen and oxygen atoms in total. The van der Waals surface area contributed by atoms with Crippen LogP contribution in [-0.4, -0.2) is 31.7 Å². The first kappa shape index (κ1) is 35.6. The molecule has 1 aromatic heterocycles. The second-order valence-corrected chi connectivity index (χ2v) is 22.4. The number of hydrogen-bond donors (Lipinski definition) is 0. The molecule has 0 bridgehead atoms. The summed E-state index contributed by atoms with van der Waals surface area (Å²) in [5.41, 5.74) is 11.8. The van der Waals surface area contributed by atoms with Gasteiger partial charge < -0.3 is 14.7 Å². The lowest BCUT2D eigenvalue weighted by Gasteiger charge is -2.43. The average Bonchev–Trinajstić information content (AvgIpc) is 3.73. The molecule has 1 aliphatic carbocycles. The number of anilines is 4. The van der Waals surface area contributed by atoms with E-state index in [0.29, 0.717) is 5.92 Å². The molecule has 55 heavy (non-hydrogen) atoms. The number of para-hydroxylation sites is 1. The Balaban J connectivity index is 1.32. The van der Waals surface area contributed by atoms with Crippen molar-refractivity contribution in [3.63, 3.8) is 0 Å². The number of hydrogen-bond acceptors (Lipinski definition) is 4. The number of fused-ring (bicyclic) bond motifs is 5. The van der Waals surface area contributed by atoms with Crippen LogP contribution in [0.4, 0.5) is 22.7 Å². The van der Waals surface area contributed by atoms with Crippen molar-refractivity contribution < 1.29 is 0 Å². The molecule has 0 amide bonds. The summed E-state index contributed by atoms with van der Waals surface area (Å²) < 4.78 is 0. The molecule has 2 unspecified atom stereocenters. The Morgan fingerprint density at radius 3 is 2.24 bits per heavy atom. The van der Waals surface area contributed by atoms with Gasteiger partial charge in [-0.2, -0.15) is 0 Å². The number of allylic oxidation sites excluding steroid dienone is 4. The smallest absolute Gasteiger partial charge is 0.202 e. The maximum atomic E-state index is 5.32. The highest BCUT2D eigenvalue weighted by Gasteiger charge is 2.54. The summed E-state index contributed by atoms with van der Waals surface area (Å²) in [7, 11) is -0.749. The van der Waals surface area contributed by atoms with E-state index in [-0.39, 0.29) is 16.2 Å². The van der Waals surface area contributed by atoms with Gasteiger partial charge in [-0.3, -0.25) is 4.98 Å². The van der Waals surface area contributed by atoms with Crippen molar-refractivity contribution in [2.75, 3.05) is 23.5 Å². The van der Waals surface area contributed by atoms with Crippen molar-refractivity contribution in [2.24, 2.45) is 11.3 Å². The van der Waals surface area contributed by atoms with E-state index in [4.69, 9.17) is 4.98 Å². The van der Waals surface area contributed by atoms with Crippen molar-refractivity contribution in [1.82, 2.24) is 9.88 Å². The van der Waals surface area contributed by atoms with Crippen LogP contribution in [0, 0.1) is 11.3 Å². The predicted molar refractivity (Wildman–Crippen MR) is 235 cm³/mol. The lowest BCUT2D eigenvalue weighted by Crippen LogP contribution is -2.67. The molecule has 0 fully saturated rings. The normalized spacial score (nSPS) is 21.1. The molecule has 5 heteroatoms. The Kier molecular flexibility index (Phi) is 8.04. The summed E-state index contributed by atoms with van der Waals surface area (Å²) in [5.74, 6) is 0.458. The number of nitrogens with zero attached hydrogens (tertiary/aromatic N) is 4. The highest BCUT2D eigenvalue weighted by molar-refractivity contribution is 7.18. The Hall–Kier alpha value is -5.13. The van der Waals surface area contributed by atoms with Gasteiger partial charge in [0.25, 0.3) is 0 Å². The van der Waals surface area contributed by atoms with Crippen LogP contribution in [0.25, 0.3) is 5.57 Å². The fourth-order valence-corrected chi connectivity index (χ4v) is 14.7. The van der Waals surface area contributed by atoms with Crippen molar-refractivity contribution in [1.29, 1.82) is 0 Å².